The van der Waals surface area contributed by atoms with E-state index in [1.54, 1.807) is 25.1 Å². The van der Waals surface area contributed by atoms with E-state index >= 15 is 0 Å². The van der Waals surface area contributed by atoms with Gasteiger partial charge in [-0.3, -0.25) is 9.59 Å². The number of carbonyl (C=O) groups is 2. The molecule has 0 spiro atoms. The van der Waals surface area contributed by atoms with Crippen LogP contribution in [0.2, 0.25) is 5.02 Å². The molecule has 2 N–H and O–H groups in total. The number of carbonyl (C=O) groups excluding carboxylic acids is 2. The van der Waals surface area contributed by atoms with Crippen molar-refractivity contribution in [1.29, 1.82) is 0 Å². The molecule has 184 valence electrons. The van der Waals surface area contributed by atoms with Gasteiger partial charge in [-0.05, 0) is 48.9 Å². The predicted octanol–water partition coefficient (Wildman–Crippen LogP) is 5.76. The Balaban J connectivity index is 1.74. The number of nitrogens with zero attached hydrogens (tertiary/aromatic N) is 1. The van der Waals surface area contributed by atoms with Gasteiger partial charge in [-0.25, -0.2) is 5.43 Å². The molecule has 0 aliphatic heterocycles. The minimum absolute atomic E-state index is 0.0884. The van der Waals surface area contributed by atoms with Crippen molar-refractivity contribution in [1.82, 2.24) is 5.43 Å². The number of rotatable bonds is 7. The van der Waals surface area contributed by atoms with Gasteiger partial charge in [0, 0.05) is 10.4 Å². The Morgan fingerprint density at radius 1 is 1.03 bits per heavy atom. The van der Waals surface area contributed by atoms with Crippen LogP contribution >= 0.6 is 22.9 Å². The standard InChI is InChI=1S/C23H19ClF3N3O4S/c1-12-8-15(21(32)30-28-11-13-4-6-17(24)16(9-13)23(25,26)27)22(35-12)29-20(31)14-5-7-18(33-2)19(10-14)34-3/h4-11H,1-3H3,(H,29,31)(H,30,32)/b28-11-. The van der Waals surface area contributed by atoms with Gasteiger partial charge in [0.15, 0.2) is 11.5 Å². The summed E-state index contributed by atoms with van der Waals surface area (Å²) in [5.41, 5.74) is 1.76. The summed E-state index contributed by atoms with van der Waals surface area (Å²) in [4.78, 5) is 26.1. The van der Waals surface area contributed by atoms with Crippen LogP contribution < -0.4 is 20.2 Å². The van der Waals surface area contributed by atoms with Crippen LogP contribution in [0.25, 0.3) is 0 Å². The number of hydrazone groups is 1. The molecule has 7 nitrogen and oxygen atoms in total. The van der Waals surface area contributed by atoms with Crippen molar-refractivity contribution in [2.75, 3.05) is 19.5 Å². The number of anilines is 1. The average molecular weight is 526 g/mol. The summed E-state index contributed by atoms with van der Waals surface area (Å²) in [5, 5.41) is 6.25. The zero-order chi connectivity index (χ0) is 25.8. The Morgan fingerprint density at radius 2 is 1.74 bits per heavy atom. The van der Waals surface area contributed by atoms with E-state index in [1.165, 1.54) is 37.7 Å². The lowest BCUT2D eigenvalue weighted by atomic mass is 10.1. The molecule has 12 heteroatoms. The molecular weight excluding hydrogens is 507 g/mol. The zero-order valence-corrected chi connectivity index (χ0v) is 20.2. The van der Waals surface area contributed by atoms with Crippen molar-refractivity contribution < 1.29 is 32.2 Å². The molecule has 0 bridgehead atoms. The maximum atomic E-state index is 13.0. The van der Waals surface area contributed by atoms with E-state index in [0.29, 0.717) is 11.5 Å². The molecule has 0 unspecified atom stereocenters. The van der Waals surface area contributed by atoms with Crippen molar-refractivity contribution >= 4 is 46.0 Å². The van der Waals surface area contributed by atoms with Gasteiger partial charge in [-0.15, -0.1) is 11.3 Å². The molecule has 0 saturated carbocycles. The van der Waals surface area contributed by atoms with Crippen molar-refractivity contribution in [2.45, 2.75) is 13.1 Å². The average Bonchev–Trinajstić information content (AvgIpc) is 3.18. The second-order valence-electron chi connectivity index (χ2n) is 7.06. The molecule has 0 radical (unpaired) electrons. The fraction of sp³-hybridized carbons (Fsp3) is 0.174. The third kappa shape index (κ3) is 6.31. The van der Waals surface area contributed by atoms with Crippen LogP contribution in [0.15, 0.2) is 47.6 Å². The topological polar surface area (TPSA) is 89.0 Å². The maximum absolute atomic E-state index is 13.0. The predicted molar refractivity (Wildman–Crippen MR) is 128 cm³/mol. The highest BCUT2D eigenvalue weighted by Crippen LogP contribution is 2.35. The first kappa shape index (κ1) is 26.0. The Kier molecular flexibility index (Phi) is 8.03. The molecule has 0 atom stereocenters. The molecule has 3 rings (SSSR count). The number of hydrogen-bond acceptors (Lipinski definition) is 6. The number of hydrogen-bond donors (Lipinski definition) is 2. The lowest BCUT2D eigenvalue weighted by molar-refractivity contribution is -0.137. The first-order valence-electron chi connectivity index (χ1n) is 9.87. The largest absolute Gasteiger partial charge is 0.493 e. The van der Waals surface area contributed by atoms with Gasteiger partial charge in [0.25, 0.3) is 11.8 Å². The molecule has 0 aliphatic rings. The third-order valence-electron chi connectivity index (χ3n) is 4.65. The summed E-state index contributed by atoms with van der Waals surface area (Å²) < 4.78 is 49.4. The Bertz CT molecular complexity index is 1290. The summed E-state index contributed by atoms with van der Waals surface area (Å²) in [6.45, 7) is 1.75. The first-order chi connectivity index (χ1) is 16.5. The fourth-order valence-corrected chi connectivity index (χ4v) is 4.12. The number of methoxy groups -OCH3 is 2. The van der Waals surface area contributed by atoms with Crippen LogP contribution in [0.5, 0.6) is 11.5 Å². The second kappa shape index (κ2) is 10.8. The number of aryl methyl sites for hydroxylation is 1. The highest BCUT2D eigenvalue weighted by atomic mass is 35.5. The second-order valence-corrected chi connectivity index (χ2v) is 8.72. The molecule has 0 aliphatic carbocycles. The number of benzene rings is 2. The minimum Gasteiger partial charge on any atom is -0.493 e. The summed E-state index contributed by atoms with van der Waals surface area (Å²) in [5.74, 6) is -0.313. The monoisotopic (exact) mass is 525 g/mol. The van der Waals surface area contributed by atoms with Crippen LogP contribution in [0.3, 0.4) is 0 Å². The van der Waals surface area contributed by atoms with E-state index < -0.39 is 28.6 Å². The number of ether oxygens (including phenoxy) is 2. The van der Waals surface area contributed by atoms with Crippen LogP contribution in [-0.2, 0) is 6.18 Å². The Morgan fingerprint density at radius 3 is 2.40 bits per heavy atom. The van der Waals surface area contributed by atoms with Crippen molar-refractivity contribution in [3.05, 3.63) is 74.6 Å². The summed E-state index contributed by atoms with van der Waals surface area (Å²) in [6, 6.07) is 9.43. The lowest BCUT2D eigenvalue weighted by Gasteiger charge is -2.10. The lowest BCUT2D eigenvalue weighted by Crippen LogP contribution is -2.20. The summed E-state index contributed by atoms with van der Waals surface area (Å²) in [7, 11) is 2.92. The van der Waals surface area contributed by atoms with Crippen molar-refractivity contribution in [2.24, 2.45) is 5.10 Å². The SMILES string of the molecule is COc1ccc(C(=O)Nc2sc(C)cc2C(=O)N/N=C\c2ccc(Cl)c(C(F)(F)F)c2)cc1OC. The van der Waals surface area contributed by atoms with E-state index in [2.05, 4.69) is 15.8 Å². The van der Waals surface area contributed by atoms with Gasteiger partial charge in [-0.2, -0.15) is 18.3 Å². The first-order valence-corrected chi connectivity index (χ1v) is 11.1. The van der Waals surface area contributed by atoms with Crippen LogP contribution in [-0.4, -0.2) is 32.2 Å². The van der Waals surface area contributed by atoms with Crippen molar-refractivity contribution in [3.8, 4) is 11.5 Å². The van der Waals surface area contributed by atoms with Gasteiger partial charge >= 0.3 is 6.18 Å². The molecule has 1 aromatic heterocycles. The normalized spacial score (nSPS) is 11.4. The number of nitrogens with one attached hydrogen (secondary N) is 2. The number of halogens is 4. The van der Waals surface area contributed by atoms with Gasteiger partial charge in [-0.1, -0.05) is 17.7 Å². The minimum atomic E-state index is -4.63. The summed E-state index contributed by atoms with van der Waals surface area (Å²) in [6.07, 6.45) is -3.57. The van der Waals surface area contributed by atoms with E-state index in [-0.39, 0.29) is 21.7 Å². The van der Waals surface area contributed by atoms with Crippen LogP contribution in [0, 0.1) is 6.92 Å². The van der Waals surface area contributed by atoms with E-state index in [4.69, 9.17) is 21.1 Å². The van der Waals surface area contributed by atoms with E-state index in [1.807, 2.05) is 0 Å². The highest BCUT2D eigenvalue weighted by Gasteiger charge is 2.33. The fourth-order valence-electron chi connectivity index (χ4n) is 2.99. The van der Waals surface area contributed by atoms with Gasteiger partial charge in [0.2, 0.25) is 0 Å². The van der Waals surface area contributed by atoms with Gasteiger partial charge in [0.1, 0.15) is 5.00 Å². The van der Waals surface area contributed by atoms with Gasteiger partial charge in [0.05, 0.1) is 36.6 Å². The van der Waals surface area contributed by atoms with Crippen LogP contribution in [0.1, 0.15) is 36.7 Å². The number of thiophene rings is 1. The molecule has 2 aromatic carbocycles. The molecule has 2 amide bonds. The molecule has 0 fully saturated rings. The quantitative estimate of drug-likeness (QED) is 0.303. The highest BCUT2D eigenvalue weighted by molar-refractivity contribution is 7.16. The third-order valence-corrected chi connectivity index (χ3v) is 5.94. The van der Waals surface area contributed by atoms with Crippen LogP contribution in [0.4, 0.5) is 18.2 Å². The maximum Gasteiger partial charge on any atom is 0.417 e. The smallest absolute Gasteiger partial charge is 0.417 e. The molecule has 35 heavy (non-hydrogen) atoms. The van der Waals surface area contributed by atoms with E-state index in [0.717, 1.165) is 23.2 Å². The number of amides is 2. The molecule has 1 heterocycles. The number of alkyl halides is 3. The molecule has 3 aromatic rings. The molecule has 0 saturated heterocycles. The zero-order valence-electron chi connectivity index (χ0n) is 18.6. The van der Waals surface area contributed by atoms with Crippen molar-refractivity contribution in [3.63, 3.8) is 0 Å². The van der Waals surface area contributed by atoms with E-state index in [9.17, 15) is 22.8 Å². The molecular formula is C23H19ClF3N3O4S. The summed E-state index contributed by atoms with van der Waals surface area (Å²) >= 11 is 6.78. The Labute approximate surface area is 207 Å². The van der Waals surface area contributed by atoms with Gasteiger partial charge < -0.3 is 14.8 Å². The Hall–Kier alpha value is -3.57.